The molecule has 2 heterocycles. The highest BCUT2D eigenvalue weighted by molar-refractivity contribution is 5.67. The van der Waals surface area contributed by atoms with Crippen molar-refractivity contribution in [2.75, 3.05) is 36.8 Å². The van der Waals surface area contributed by atoms with Gasteiger partial charge in [0.05, 0.1) is 17.6 Å². The van der Waals surface area contributed by atoms with Crippen molar-refractivity contribution in [2.45, 2.75) is 6.92 Å². The third-order valence-electron chi connectivity index (χ3n) is 2.51. The lowest BCUT2D eigenvalue weighted by molar-refractivity contribution is 0.589. The SMILES string of the molecule is Cc1cc(N2CCNCC2)c(N)cn1. The van der Waals surface area contributed by atoms with E-state index in [1.165, 1.54) is 0 Å². The first-order valence-corrected chi connectivity index (χ1v) is 4.95. The summed E-state index contributed by atoms with van der Waals surface area (Å²) >= 11 is 0. The number of nitrogen functional groups attached to an aromatic ring is 1. The molecule has 1 aromatic rings. The number of pyridine rings is 1. The predicted octanol–water partition coefficient (Wildman–Crippen LogP) is 0.382. The van der Waals surface area contributed by atoms with Crippen LogP contribution in [0, 0.1) is 6.92 Å². The van der Waals surface area contributed by atoms with Crippen molar-refractivity contribution >= 4 is 11.4 Å². The second kappa shape index (κ2) is 3.84. The van der Waals surface area contributed by atoms with E-state index in [9.17, 15) is 0 Å². The van der Waals surface area contributed by atoms with Gasteiger partial charge in [-0.3, -0.25) is 4.98 Å². The summed E-state index contributed by atoms with van der Waals surface area (Å²) < 4.78 is 0. The average molecular weight is 192 g/mol. The van der Waals surface area contributed by atoms with E-state index in [1.54, 1.807) is 6.20 Å². The first kappa shape index (κ1) is 9.27. The summed E-state index contributed by atoms with van der Waals surface area (Å²) in [6.07, 6.45) is 1.74. The van der Waals surface area contributed by atoms with Crippen molar-refractivity contribution in [3.8, 4) is 0 Å². The second-order valence-electron chi connectivity index (χ2n) is 3.62. The Balaban J connectivity index is 2.24. The number of nitrogens with two attached hydrogens (primary N) is 1. The van der Waals surface area contributed by atoms with Crippen LogP contribution in [0.4, 0.5) is 11.4 Å². The molecule has 0 amide bonds. The Morgan fingerprint density at radius 1 is 1.43 bits per heavy atom. The minimum absolute atomic E-state index is 0.775. The Labute approximate surface area is 84.1 Å². The van der Waals surface area contributed by atoms with Crippen LogP contribution < -0.4 is 16.0 Å². The third kappa shape index (κ3) is 1.80. The Morgan fingerprint density at radius 3 is 2.86 bits per heavy atom. The average Bonchev–Trinajstić information content (AvgIpc) is 2.23. The largest absolute Gasteiger partial charge is 0.396 e. The minimum Gasteiger partial charge on any atom is -0.396 e. The highest BCUT2D eigenvalue weighted by Crippen LogP contribution is 2.22. The van der Waals surface area contributed by atoms with Crippen LogP contribution in [-0.2, 0) is 0 Å². The Kier molecular flexibility index (Phi) is 2.54. The van der Waals surface area contributed by atoms with Crippen molar-refractivity contribution in [3.05, 3.63) is 18.0 Å². The van der Waals surface area contributed by atoms with Crippen LogP contribution in [0.2, 0.25) is 0 Å². The van der Waals surface area contributed by atoms with Gasteiger partial charge in [0.25, 0.3) is 0 Å². The molecule has 14 heavy (non-hydrogen) atoms. The maximum Gasteiger partial charge on any atom is 0.0738 e. The van der Waals surface area contributed by atoms with Crippen molar-refractivity contribution in [1.29, 1.82) is 0 Å². The topological polar surface area (TPSA) is 54.2 Å². The van der Waals surface area contributed by atoms with E-state index >= 15 is 0 Å². The summed E-state index contributed by atoms with van der Waals surface area (Å²) in [6.45, 7) is 6.09. The van der Waals surface area contributed by atoms with Crippen LogP contribution in [0.25, 0.3) is 0 Å². The van der Waals surface area contributed by atoms with E-state index in [0.717, 1.165) is 43.2 Å². The molecular formula is C10H16N4. The fraction of sp³-hybridized carbons (Fsp3) is 0.500. The van der Waals surface area contributed by atoms with Crippen LogP contribution in [0.1, 0.15) is 5.69 Å². The molecule has 1 aliphatic rings. The Morgan fingerprint density at radius 2 is 2.14 bits per heavy atom. The molecule has 1 aromatic heterocycles. The lowest BCUT2D eigenvalue weighted by atomic mass is 10.2. The lowest BCUT2D eigenvalue weighted by Gasteiger charge is -2.30. The van der Waals surface area contributed by atoms with Crippen LogP contribution in [-0.4, -0.2) is 31.2 Å². The Hall–Kier alpha value is -1.29. The molecule has 2 rings (SSSR count). The molecule has 0 atom stereocenters. The van der Waals surface area contributed by atoms with E-state index < -0.39 is 0 Å². The van der Waals surface area contributed by atoms with E-state index in [0.29, 0.717) is 0 Å². The fourth-order valence-electron chi connectivity index (χ4n) is 1.74. The van der Waals surface area contributed by atoms with E-state index in [2.05, 4.69) is 21.3 Å². The molecule has 4 nitrogen and oxygen atoms in total. The van der Waals surface area contributed by atoms with E-state index in [1.807, 2.05) is 6.92 Å². The number of nitrogens with zero attached hydrogens (tertiary/aromatic N) is 2. The summed E-state index contributed by atoms with van der Waals surface area (Å²) in [7, 11) is 0. The summed E-state index contributed by atoms with van der Waals surface area (Å²) in [5.74, 6) is 0. The molecular weight excluding hydrogens is 176 g/mol. The van der Waals surface area contributed by atoms with E-state index in [-0.39, 0.29) is 0 Å². The molecule has 0 unspecified atom stereocenters. The van der Waals surface area contributed by atoms with Crippen molar-refractivity contribution in [1.82, 2.24) is 10.3 Å². The molecule has 4 heteroatoms. The number of aromatic nitrogens is 1. The quantitative estimate of drug-likeness (QED) is 0.675. The standard InChI is InChI=1S/C10H16N4/c1-8-6-10(9(11)7-13-8)14-4-2-12-3-5-14/h6-7,12H,2-5,11H2,1H3. The van der Waals surface area contributed by atoms with Gasteiger partial charge < -0.3 is 16.0 Å². The van der Waals surface area contributed by atoms with Crippen molar-refractivity contribution in [3.63, 3.8) is 0 Å². The van der Waals surface area contributed by atoms with Gasteiger partial charge in [0.2, 0.25) is 0 Å². The predicted molar refractivity (Wildman–Crippen MR) is 58.5 cm³/mol. The molecule has 0 aliphatic carbocycles. The Bertz CT molecular complexity index is 318. The highest BCUT2D eigenvalue weighted by atomic mass is 15.2. The molecule has 1 aliphatic heterocycles. The number of nitrogens with one attached hydrogen (secondary N) is 1. The minimum atomic E-state index is 0.775. The maximum atomic E-state index is 5.90. The number of rotatable bonds is 1. The number of anilines is 2. The fourth-order valence-corrected chi connectivity index (χ4v) is 1.74. The number of aryl methyl sites for hydroxylation is 1. The summed E-state index contributed by atoms with van der Waals surface area (Å²) in [5.41, 5.74) is 8.82. The van der Waals surface area contributed by atoms with Gasteiger partial charge in [-0.15, -0.1) is 0 Å². The van der Waals surface area contributed by atoms with Gasteiger partial charge in [-0.25, -0.2) is 0 Å². The van der Waals surface area contributed by atoms with Gasteiger partial charge in [0, 0.05) is 31.9 Å². The monoisotopic (exact) mass is 192 g/mol. The molecule has 0 aromatic carbocycles. The zero-order chi connectivity index (χ0) is 9.97. The molecule has 0 bridgehead atoms. The molecule has 1 fully saturated rings. The summed E-state index contributed by atoms with van der Waals surface area (Å²) in [6, 6.07) is 2.06. The van der Waals surface area contributed by atoms with Crippen LogP contribution in [0.15, 0.2) is 12.3 Å². The number of piperazine rings is 1. The first-order chi connectivity index (χ1) is 6.77. The lowest BCUT2D eigenvalue weighted by Crippen LogP contribution is -2.43. The van der Waals surface area contributed by atoms with Gasteiger partial charge in [-0.1, -0.05) is 0 Å². The molecule has 0 saturated carbocycles. The highest BCUT2D eigenvalue weighted by Gasteiger charge is 2.12. The van der Waals surface area contributed by atoms with Crippen LogP contribution in [0.5, 0.6) is 0 Å². The van der Waals surface area contributed by atoms with Gasteiger partial charge in [-0.2, -0.15) is 0 Å². The van der Waals surface area contributed by atoms with Crippen LogP contribution >= 0.6 is 0 Å². The van der Waals surface area contributed by atoms with Crippen molar-refractivity contribution in [2.24, 2.45) is 0 Å². The maximum absolute atomic E-state index is 5.90. The number of hydrogen-bond acceptors (Lipinski definition) is 4. The molecule has 3 N–H and O–H groups in total. The van der Waals surface area contributed by atoms with Gasteiger partial charge in [-0.05, 0) is 13.0 Å². The van der Waals surface area contributed by atoms with Crippen LogP contribution in [0.3, 0.4) is 0 Å². The second-order valence-corrected chi connectivity index (χ2v) is 3.62. The molecule has 1 saturated heterocycles. The van der Waals surface area contributed by atoms with Gasteiger partial charge in [0.15, 0.2) is 0 Å². The zero-order valence-corrected chi connectivity index (χ0v) is 8.45. The first-order valence-electron chi connectivity index (χ1n) is 4.95. The third-order valence-corrected chi connectivity index (χ3v) is 2.51. The smallest absolute Gasteiger partial charge is 0.0738 e. The van der Waals surface area contributed by atoms with E-state index in [4.69, 9.17) is 5.73 Å². The normalized spacial score (nSPS) is 17.1. The molecule has 76 valence electrons. The summed E-state index contributed by atoms with van der Waals surface area (Å²) in [4.78, 5) is 6.47. The van der Waals surface area contributed by atoms with Crippen molar-refractivity contribution < 1.29 is 0 Å². The van der Waals surface area contributed by atoms with Gasteiger partial charge >= 0.3 is 0 Å². The molecule has 0 spiro atoms. The zero-order valence-electron chi connectivity index (χ0n) is 8.45. The van der Waals surface area contributed by atoms with Gasteiger partial charge in [0.1, 0.15) is 0 Å². The summed E-state index contributed by atoms with van der Waals surface area (Å²) in [5, 5.41) is 3.32. The molecule has 0 radical (unpaired) electrons. The number of hydrogen-bond donors (Lipinski definition) is 2.